The predicted octanol–water partition coefficient (Wildman–Crippen LogP) is 3.86. The summed E-state index contributed by atoms with van der Waals surface area (Å²) in [7, 11) is 3.65. The normalized spacial score (nSPS) is 15.3. The summed E-state index contributed by atoms with van der Waals surface area (Å²) in [5, 5.41) is 10.4. The van der Waals surface area contributed by atoms with Gasteiger partial charge in [-0.2, -0.15) is 0 Å². The van der Waals surface area contributed by atoms with Crippen molar-refractivity contribution in [2.75, 3.05) is 19.0 Å². The Morgan fingerprint density at radius 3 is 2.50 bits per heavy atom. The van der Waals surface area contributed by atoms with E-state index in [0.29, 0.717) is 22.4 Å². The minimum atomic E-state index is -0.887. The fourth-order valence-corrected chi connectivity index (χ4v) is 4.23. The van der Waals surface area contributed by atoms with E-state index >= 15 is 0 Å². The number of amides is 1. The number of rotatable bonds is 6. The molecule has 1 atom stereocenters. The van der Waals surface area contributed by atoms with Crippen molar-refractivity contribution in [3.05, 3.63) is 100 Å². The molecule has 0 aliphatic carbocycles. The molecule has 0 saturated heterocycles. The zero-order valence-electron chi connectivity index (χ0n) is 19.0. The van der Waals surface area contributed by atoms with E-state index in [1.807, 2.05) is 61.6 Å². The number of halogens is 1. The maximum atomic E-state index is 13.3. The zero-order valence-corrected chi connectivity index (χ0v) is 20.6. The largest absolute Gasteiger partial charge is 0.359 e. The Morgan fingerprint density at radius 1 is 1.03 bits per heavy atom. The first-order valence-electron chi connectivity index (χ1n) is 10.9. The van der Waals surface area contributed by atoms with Crippen LogP contribution in [0.5, 0.6) is 0 Å². The molecule has 0 aromatic heterocycles. The molecule has 1 heterocycles. The van der Waals surface area contributed by atoms with E-state index in [4.69, 9.17) is 28.8 Å². The number of benzene rings is 3. The molecule has 0 spiro atoms. The highest BCUT2D eigenvalue weighted by Gasteiger charge is 2.30. The lowest BCUT2D eigenvalue weighted by molar-refractivity contribution is -0.119. The van der Waals surface area contributed by atoms with Crippen LogP contribution in [0.4, 0.5) is 5.69 Å². The van der Waals surface area contributed by atoms with Crippen molar-refractivity contribution in [1.29, 1.82) is 0 Å². The molecular weight excluding hydrogens is 466 g/mol. The van der Waals surface area contributed by atoms with Crippen molar-refractivity contribution >= 4 is 46.2 Å². The number of thiocarbonyl (C=S) groups is 1. The number of benzodiazepines with no additional fused rings is 1. The molecule has 4 rings (SSSR count). The van der Waals surface area contributed by atoms with Gasteiger partial charge in [-0.05, 0) is 48.6 Å². The Bertz CT molecular complexity index is 1230. The molecule has 8 heteroatoms. The molecule has 0 fully saturated rings. The number of carbonyl (C=O) groups excluding carboxylic acids is 1. The lowest BCUT2D eigenvalue weighted by atomic mass is 10.0. The number of carbonyl (C=O) groups is 1. The second kappa shape index (κ2) is 10.8. The molecule has 1 amide bonds. The number of nitrogens with one attached hydrogen (secondary N) is 3. The van der Waals surface area contributed by atoms with Gasteiger partial charge in [0.15, 0.2) is 5.11 Å². The van der Waals surface area contributed by atoms with Gasteiger partial charge in [0, 0.05) is 36.3 Å². The summed E-state index contributed by atoms with van der Waals surface area (Å²) in [5.41, 5.74) is 5.38. The van der Waals surface area contributed by atoms with Crippen molar-refractivity contribution in [1.82, 2.24) is 16.0 Å². The third kappa shape index (κ3) is 5.44. The molecule has 1 aliphatic rings. The molecule has 174 valence electrons. The molecule has 1 unspecified atom stereocenters. The van der Waals surface area contributed by atoms with Gasteiger partial charge < -0.3 is 20.9 Å². The molecule has 0 bridgehead atoms. The van der Waals surface area contributed by atoms with Gasteiger partial charge in [-0.15, -0.1) is 0 Å². The summed E-state index contributed by atoms with van der Waals surface area (Å²) in [5.74, 6) is -0.213. The Hall–Kier alpha value is -3.26. The van der Waals surface area contributed by atoms with Gasteiger partial charge in [0.2, 0.25) is 6.17 Å². The van der Waals surface area contributed by atoms with E-state index in [1.165, 1.54) is 5.56 Å². The molecule has 3 N–H and O–H groups in total. The van der Waals surface area contributed by atoms with Crippen LogP contribution in [-0.4, -0.2) is 37.0 Å². The number of fused-ring (bicyclic) bond motifs is 1. The molecule has 1 aliphatic heterocycles. The summed E-state index contributed by atoms with van der Waals surface area (Å²) in [6.45, 7) is 1.33. The van der Waals surface area contributed by atoms with E-state index < -0.39 is 6.17 Å². The van der Waals surface area contributed by atoms with Crippen molar-refractivity contribution in [2.45, 2.75) is 19.3 Å². The fraction of sp³-hybridized carbons (Fsp3) is 0.192. The van der Waals surface area contributed by atoms with Crippen LogP contribution in [0.25, 0.3) is 0 Å². The van der Waals surface area contributed by atoms with Crippen molar-refractivity contribution in [2.24, 2.45) is 4.99 Å². The van der Waals surface area contributed by atoms with E-state index in [-0.39, 0.29) is 5.91 Å². The highest BCUT2D eigenvalue weighted by Crippen LogP contribution is 2.29. The molecule has 0 radical (unpaired) electrons. The van der Waals surface area contributed by atoms with Crippen LogP contribution in [0.15, 0.2) is 77.8 Å². The SMILES string of the molecule is CNCc1cccc(CNC(=S)NC2N=C(c3ccccc3)c3cc(Cl)ccc3N(C)C2=O)c1. The lowest BCUT2D eigenvalue weighted by Crippen LogP contribution is -2.49. The molecule has 34 heavy (non-hydrogen) atoms. The van der Waals surface area contributed by atoms with Gasteiger partial charge in [-0.25, -0.2) is 4.99 Å². The summed E-state index contributed by atoms with van der Waals surface area (Å²) < 4.78 is 0. The standard InChI is InChI=1S/C26H26ClN5OS/c1-28-15-17-7-6-8-18(13-17)16-29-26(34)31-24-25(33)32(2)22-12-11-20(27)14-21(22)23(30-24)19-9-4-3-5-10-19/h3-14,24,28H,15-16H2,1-2H3,(H2,29,31,34). The molecule has 6 nitrogen and oxygen atoms in total. The maximum Gasteiger partial charge on any atom is 0.272 e. The van der Waals surface area contributed by atoms with Crippen LogP contribution in [0.3, 0.4) is 0 Å². The summed E-state index contributed by atoms with van der Waals surface area (Å²) in [4.78, 5) is 19.7. The number of nitrogens with zero attached hydrogens (tertiary/aromatic N) is 2. The monoisotopic (exact) mass is 491 g/mol. The first-order chi connectivity index (χ1) is 16.5. The Balaban J connectivity index is 1.58. The van der Waals surface area contributed by atoms with Crippen LogP contribution < -0.4 is 20.9 Å². The molecule has 0 saturated carbocycles. The van der Waals surface area contributed by atoms with Crippen LogP contribution in [-0.2, 0) is 17.9 Å². The summed E-state index contributed by atoms with van der Waals surface area (Å²) in [6.07, 6.45) is -0.887. The van der Waals surface area contributed by atoms with Gasteiger partial charge in [-0.1, -0.05) is 66.2 Å². The van der Waals surface area contributed by atoms with Crippen molar-refractivity contribution in [3.63, 3.8) is 0 Å². The Morgan fingerprint density at radius 2 is 1.76 bits per heavy atom. The third-order valence-electron chi connectivity index (χ3n) is 5.54. The van der Waals surface area contributed by atoms with E-state index in [9.17, 15) is 4.79 Å². The molecular formula is C26H26ClN5OS. The maximum absolute atomic E-state index is 13.3. The number of anilines is 1. The average molecular weight is 492 g/mol. The van der Waals surface area contributed by atoms with E-state index in [2.05, 4.69) is 28.1 Å². The van der Waals surface area contributed by atoms with Crippen LogP contribution in [0.2, 0.25) is 5.02 Å². The van der Waals surface area contributed by atoms with Gasteiger partial charge in [-0.3, -0.25) is 4.79 Å². The fourth-order valence-electron chi connectivity index (χ4n) is 3.88. The Kier molecular flexibility index (Phi) is 7.57. The smallest absolute Gasteiger partial charge is 0.272 e. The number of hydrogen-bond donors (Lipinski definition) is 3. The lowest BCUT2D eigenvalue weighted by Gasteiger charge is -2.22. The van der Waals surface area contributed by atoms with Crippen LogP contribution in [0.1, 0.15) is 22.3 Å². The highest BCUT2D eigenvalue weighted by atomic mass is 35.5. The van der Waals surface area contributed by atoms with Crippen molar-refractivity contribution < 1.29 is 4.79 Å². The second-order valence-electron chi connectivity index (χ2n) is 7.98. The number of aliphatic imine (C=N–C) groups is 1. The van der Waals surface area contributed by atoms with Gasteiger partial charge in [0.25, 0.3) is 5.91 Å². The van der Waals surface area contributed by atoms with Gasteiger partial charge in [0.1, 0.15) is 0 Å². The second-order valence-corrected chi connectivity index (χ2v) is 8.83. The minimum Gasteiger partial charge on any atom is -0.359 e. The topological polar surface area (TPSA) is 68.8 Å². The van der Waals surface area contributed by atoms with Gasteiger partial charge in [0.05, 0.1) is 11.4 Å². The summed E-state index contributed by atoms with van der Waals surface area (Å²) >= 11 is 11.8. The number of likely N-dealkylation sites (N-methyl/N-ethyl adjacent to an activating group) is 1. The average Bonchev–Trinajstić information content (AvgIpc) is 2.94. The van der Waals surface area contributed by atoms with E-state index in [1.54, 1.807) is 18.0 Å². The van der Waals surface area contributed by atoms with Crippen molar-refractivity contribution in [3.8, 4) is 0 Å². The highest BCUT2D eigenvalue weighted by molar-refractivity contribution is 7.80. The predicted molar refractivity (Wildman–Crippen MR) is 143 cm³/mol. The quantitative estimate of drug-likeness (QED) is 0.457. The zero-order chi connectivity index (χ0) is 24.1. The van der Waals surface area contributed by atoms with E-state index in [0.717, 1.165) is 28.9 Å². The summed E-state index contributed by atoms with van der Waals surface area (Å²) in [6, 6.07) is 23.4. The molecule has 3 aromatic rings. The first kappa shape index (κ1) is 23.9. The molecule has 3 aromatic carbocycles. The Labute approximate surface area is 210 Å². The van der Waals surface area contributed by atoms with Crippen LogP contribution >= 0.6 is 23.8 Å². The number of hydrogen-bond acceptors (Lipinski definition) is 4. The van der Waals surface area contributed by atoms with Crippen LogP contribution in [0, 0.1) is 0 Å². The van der Waals surface area contributed by atoms with Gasteiger partial charge >= 0.3 is 0 Å². The minimum absolute atomic E-state index is 0.213. The third-order valence-corrected chi connectivity index (χ3v) is 6.04. The first-order valence-corrected chi connectivity index (χ1v) is 11.7.